The van der Waals surface area contributed by atoms with E-state index >= 15 is 0 Å². The van der Waals surface area contributed by atoms with E-state index in [0.717, 1.165) is 18.4 Å². The molecule has 0 saturated carbocycles. The monoisotopic (exact) mass is 289 g/mol. The Morgan fingerprint density at radius 2 is 1.62 bits per heavy atom. The van der Waals surface area contributed by atoms with Crippen molar-refractivity contribution in [1.82, 2.24) is 5.32 Å². The van der Waals surface area contributed by atoms with Crippen molar-refractivity contribution in [3.8, 4) is 0 Å². The molecule has 0 aliphatic rings. The molecule has 0 aliphatic heterocycles. The molecular formula is C18H21F2N. The summed E-state index contributed by atoms with van der Waals surface area (Å²) >= 11 is 0. The van der Waals surface area contributed by atoms with Crippen molar-refractivity contribution in [1.29, 1.82) is 0 Å². The van der Waals surface area contributed by atoms with Gasteiger partial charge >= 0.3 is 0 Å². The van der Waals surface area contributed by atoms with Gasteiger partial charge < -0.3 is 5.32 Å². The Hall–Kier alpha value is -1.74. The second-order valence-corrected chi connectivity index (χ2v) is 5.24. The minimum Gasteiger partial charge on any atom is -0.313 e. The van der Waals surface area contributed by atoms with E-state index in [9.17, 15) is 8.78 Å². The van der Waals surface area contributed by atoms with Crippen molar-refractivity contribution < 1.29 is 8.78 Å². The first-order valence-corrected chi connectivity index (χ1v) is 7.34. The Morgan fingerprint density at radius 3 is 2.14 bits per heavy atom. The van der Waals surface area contributed by atoms with Crippen LogP contribution in [0.5, 0.6) is 0 Å². The van der Waals surface area contributed by atoms with E-state index in [-0.39, 0.29) is 11.6 Å². The Morgan fingerprint density at radius 1 is 1.00 bits per heavy atom. The first-order valence-electron chi connectivity index (χ1n) is 7.34. The van der Waals surface area contributed by atoms with Crippen LogP contribution < -0.4 is 5.32 Å². The molecule has 0 fully saturated rings. The molecule has 2 rings (SSSR count). The zero-order valence-electron chi connectivity index (χ0n) is 12.5. The van der Waals surface area contributed by atoms with Gasteiger partial charge in [0.1, 0.15) is 11.6 Å². The molecule has 0 saturated heterocycles. The highest BCUT2D eigenvalue weighted by molar-refractivity contribution is 5.28. The summed E-state index contributed by atoms with van der Waals surface area (Å²) in [7, 11) is 1.81. The summed E-state index contributed by atoms with van der Waals surface area (Å²) in [5.74, 6) is -0.976. The summed E-state index contributed by atoms with van der Waals surface area (Å²) in [5, 5.41) is 3.14. The zero-order valence-corrected chi connectivity index (χ0v) is 12.5. The number of likely N-dealkylation sites (N-methyl/N-ethyl adjacent to an activating group) is 1. The number of hydrogen-bond donors (Lipinski definition) is 1. The number of hydrogen-bond acceptors (Lipinski definition) is 1. The SMILES string of the molecule is CCCc1ccc(C(Cc2c(F)cccc2F)NC)cc1. The van der Waals surface area contributed by atoms with Crippen LogP contribution in [0.25, 0.3) is 0 Å². The average Bonchev–Trinajstić information content (AvgIpc) is 2.49. The summed E-state index contributed by atoms with van der Waals surface area (Å²) in [4.78, 5) is 0. The van der Waals surface area contributed by atoms with Crippen LogP contribution in [0.15, 0.2) is 42.5 Å². The average molecular weight is 289 g/mol. The highest BCUT2D eigenvalue weighted by Gasteiger charge is 2.16. The molecule has 3 heteroatoms. The van der Waals surface area contributed by atoms with Gasteiger partial charge in [-0.1, -0.05) is 43.7 Å². The molecule has 0 radical (unpaired) electrons. The third-order valence-electron chi connectivity index (χ3n) is 3.74. The lowest BCUT2D eigenvalue weighted by molar-refractivity contribution is 0.515. The normalized spacial score (nSPS) is 12.4. The van der Waals surface area contributed by atoms with Gasteiger partial charge in [0.25, 0.3) is 0 Å². The molecule has 1 nitrogen and oxygen atoms in total. The topological polar surface area (TPSA) is 12.0 Å². The zero-order chi connectivity index (χ0) is 15.2. The van der Waals surface area contributed by atoms with E-state index < -0.39 is 11.6 Å². The molecule has 21 heavy (non-hydrogen) atoms. The van der Waals surface area contributed by atoms with E-state index in [0.29, 0.717) is 6.42 Å². The highest BCUT2D eigenvalue weighted by atomic mass is 19.1. The lowest BCUT2D eigenvalue weighted by Crippen LogP contribution is -2.20. The van der Waals surface area contributed by atoms with E-state index in [1.54, 1.807) is 0 Å². The van der Waals surface area contributed by atoms with Crippen molar-refractivity contribution in [3.05, 3.63) is 70.8 Å². The lowest BCUT2D eigenvalue weighted by Gasteiger charge is -2.18. The molecule has 1 N–H and O–H groups in total. The number of halogens is 2. The maximum atomic E-state index is 13.8. The molecule has 2 aromatic rings. The third kappa shape index (κ3) is 3.88. The minimum absolute atomic E-state index is 0.105. The molecule has 1 atom stereocenters. The van der Waals surface area contributed by atoms with Gasteiger partial charge in [0.15, 0.2) is 0 Å². The minimum atomic E-state index is -0.488. The predicted molar refractivity (Wildman–Crippen MR) is 82.3 cm³/mol. The number of aryl methyl sites for hydroxylation is 1. The number of rotatable bonds is 6. The molecule has 0 bridgehead atoms. The molecule has 0 aliphatic carbocycles. The van der Waals surface area contributed by atoms with E-state index in [1.165, 1.54) is 23.8 Å². The molecule has 0 heterocycles. The molecule has 1 unspecified atom stereocenters. The van der Waals surface area contributed by atoms with Gasteiger partial charge in [-0.3, -0.25) is 0 Å². The van der Waals surface area contributed by atoms with Crippen LogP contribution in [0.2, 0.25) is 0 Å². The summed E-state index contributed by atoms with van der Waals surface area (Å²) in [6.45, 7) is 2.14. The van der Waals surface area contributed by atoms with E-state index in [2.05, 4.69) is 24.4 Å². The van der Waals surface area contributed by atoms with Crippen molar-refractivity contribution in [2.24, 2.45) is 0 Å². The largest absolute Gasteiger partial charge is 0.313 e. The first-order chi connectivity index (χ1) is 10.2. The van der Waals surface area contributed by atoms with Gasteiger partial charge in [-0.2, -0.15) is 0 Å². The first kappa shape index (κ1) is 15.6. The molecular weight excluding hydrogens is 268 g/mol. The number of nitrogens with one attached hydrogen (secondary N) is 1. The summed E-state index contributed by atoms with van der Waals surface area (Å²) in [6, 6.07) is 12.1. The van der Waals surface area contributed by atoms with Gasteiger partial charge in [0.05, 0.1) is 0 Å². The second kappa shape index (κ2) is 7.32. The van der Waals surface area contributed by atoms with E-state index in [1.807, 2.05) is 19.2 Å². The summed E-state index contributed by atoms with van der Waals surface area (Å²) in [5.41, 5.74) is 2.46. The van der Waals surface area contributed by atoms with Crippen LogP contribution in [-0.4, -0.2) is 7.05 Å². The standard InChI is InChI=1S/C18H21F2N/c1-3-5-13-8-10-14(11-9-13)18(21-2)12-15-16(19)6-4-7-17(15)20/h4,6-11,18,21H,3,5,12H2,1-2H3. The highest BCUT2D eigenvalue weighted by Crippen LogP contribution is 2.22. The van der Waals surface area contributed by atoms with Gasteiger partial charge in [-0.05, 0) is 43.1 Å². The van der Waals surface area contributed by atoms with Gasteiger partial charge in [0, 0.05) is 11.6 Å². The van der Waals surface area contributed by atoms with Gasteiger partial charge in [-0.25, -0.2) is 8.78 Å². The Labute approximate surface area is 125 Å². The Kier molecular flexibility index (Phi) is 5.45. The Bertz CT molecular complexity index is 558. The maximum absolute atomic E-state index is 13.8. The predicted octanol–water partition coefficient (Wildman–Crippen LogP) is 4.42. The van der Waals surface area contributed by atoms with Crippen LogP contribution in [0.4, 0.5) is 8.78 Å². The molecule has 0 amide bonds. The van der Waals surface area contributed by atoms with Gasteiger partial charge in [0.2, 0.25) is 0 Å². The van der Waals surface area contributed by atoms with Crippen molar-refractivity contribution in [2.75, 3.05) is 7.05 Å². The Balaban J connectivity index is 2.19. The lowest BCUT2D eigenvalue weighted by atomic mass is 9.97. The van der Waals surface area contributed by atoms with E-state index in [4.69, 9.17) is 0 Å². The van der Waals surface area contributed by atoms with Gasteiger partial charge in [-0.15, -0.1) is 0 Å². The van der Waals surface area contributed by atoms with Crippen molar-refractivity contribution in [2.45, 2.75) is 32.2 Å². The maximum Gasteiger partial charge on any atom is 0.129 e. The molecule has 112 valence electrons. The third-order valence-corrected chi connectivity index (χ3v) is 3.74. The molecule has 0 aromatic heterocycles. The number of benzene rings is 2. The van der Waals surface area contributed by atoms with Crippen LogP contribution >= 0.6 is 0 Å². The summed E-state index contributed by atoms with van der Waals surface area (Å²) in [6.07, 6.45) is 2.45. The smallest absolute Gasteiger partial charge is 0.129 e. The molecule has 2 aromatic carbocycles. The van der Waals surface area contributed by atoms with Crippen LogP contribution in [0.3, 0.4) is 0 Å². The molecule has 0 spiro atoms. The van der Waals surface area contributed by atoms with Crippen LogP contribution in [0.1, 0.15) is 36.1 Å². The van der Waals surface area contributed by atoms with Crippen LogP contribution in [-0.2, 0) is 12.8 Å². The van der Waals surface area contributed by atoms with Crippen LogP contribution in [0, 0.1) is 11.6 Å². The van der Waals surface area contributed by atoms with Crippen molar-refractivity contribution >= 4 is 0 Å². The fourth-order valence-corrected chi connectivity index (χ4v) is 2.52. The quantitative estimate of drug-likeness (QED) is 0.830. The second-order valence-electron chi connectivity index (χ2n) is 5.24. The fourth-order valence-electron chi connectivity index (χ4n) is 2.52. The summed E-state index contributed by atoms with van der Waals surface area (Å²) < 4.78 is 27.5. The van der Waals surface area contributed by atoms with Crippen molar-refractivity contribution in [3.63, 3.8) is 0 Å². The fraction of sp³-hybridized carbons (Fsp3) is 0.333.